The highest BCUT2D eigenvalue weighted by Crippen LogP contribution is 2.30. The molecule has 0 saturated carbocycles. The normalized spacial score (nSPS) is 10.9. The zero-order chi connectivity index (χ0) is 20.6. The zero-order valence-electron chi connectivity index (χ0n) is 16.6. The monoisotopic (exact) mass is 389 g/mol. The van der Waals surface area contributed by atoms with E-state index < -0.39 is 0 Å². The van der Waals surface area contributed by atoms with Gasteiger partial charge in [0.05, 0.1) is 27.0 Å². The molecule has 0 heterocycles. The van der Waals surface area contributed by atoms with E-state index in [1.807, 2.05) is 60.7 Å². The molecule has 5 heteroatoms. The molecule has 0 aliphatic rings. The van der Waals surface area contributed by atoms with Crippen molar-refractivity contribution in [3.63, 3.8) is 0 Å². The molecular formula is C24H23NO4. The summed E-state index contributed by atoms with van der Waals surface area (Å²) in [5.74, 6) is 1.69. The van der Waals surface area contributed by atoms with Gasteiger partial charge in [-0.3, -0.25) is 4.79 Å². The van der Waals surface area contributed by atoms with Crippen LogP contribution in [0.25, 0.3) is 11.6 Å². The molecule has 3 aromatic rings. The van der Waals surface area contributed by atoms with Crippen LogP contribution in [0.1, 0.15) is 11.1 Å². The third-order valence-electron chi connectivity index (χ3n) is 4.41. The van der Waals surface area contributed by atoms with E-state index in [9.17, 15) is 4.79 Å². The first kappa shape index (κ1) is 20.0. The molecule has 0 fully saturated rings. The topological polar surface area (TPSA) is 56.8 Å². The maximum absolute atomic E-state index is 13.2. The summed E-state index contributed by atoms with van der Waals surface area (Å²) >= 11 is 0. The minimum Gasteiger partial charge on any atom is -0.497 e. The van der Waals surface area contributed by atoms with Gasteiger partial charge in [0.15, 0.2) is 0 Å². The summed E-state index contributed by atoms with van der Waals surface area (Å²) in [5, 5.41) is 2.94. The predicted molar refractivity (Wildman–Crippen MR) is 115 cm³/mol. The minimum atomic E-state index is -0.240. The number of anilines is 1. The molecule has 0 saturated heterocycles. The predicted octanol–water partition coefficient (Wildman–Crippen LogP) is 4.89. The summed E-state index contributed by atoms with van der Waals surface area (Å²) in [5.41, 5.74) is 2.80. The third-order valence-corrected chi connectivity index (χ3v) is 4.41. The van der Waals surface area contributed by atoms with Gasteiger partial charge < -0.3 is 19.5 Å². The highest BCUT2D eigenvalue weighted by molar-refractivity contribution is 6.29. The minimum absolute atomic E-state index is 0.240. The number of benzene rings is 3. The van der Waals surface area contributed by atoms with Gasteiger partial charge in [0.1, 0.15) is 17.2 Å². The second-order valence-electron chi connectivity index (χ2n) is 6.22. The van der Waals surface area contributed by atoms with Crippen LogP contribution < -0.4 is 19.5 Å². The Balaban J connectivity index is 1.96. The Morgan fingerprint density at radius 1 is 0.793 bits per heavy atom. The van der Waals surface area contributed by atoms with Gasteiger partial charge in [0, 0.05) is 11.6 Å². The van der Waals surface area contributed by atoms with Gasteiger partial charge in [0.25, 0.3) is 5.91 Å². The Morgan fingerprint density at radius 2 is 1.45 bits per heavy atom. The maximum atomic E-state index is 13.2. The lowest BCUT2D eigenvalue weighted by molar-refractivity contribution is -0.111. The van der Waals surface area contributed by atoms with Crippen LogP contribution in [0.4, 0.5) is 5.69 Å². The van der Waals surface area contributed by atoms with Gasteiger partial charge in [-0.05, 0) is 41.5 Å². The maximum Gasteiger partial charge on any atom is 0.256 e. The van der Waals surface area contributed by atoms with Crippen molar-refractivity contribution in [2.75, 3.05) is 26.6 Å². The summed E-state index contributed by atoms with van der Waals surface area (Å²) in [6.45, 7) is 0. The van der Waals surface area contributed by atoms with Crippen molar-refractivity contribution in [2.24, 2.45) is 0 Å². The quantitative estimate of drug-likeness (QED) is 0.462. The Morgan fingerprint density at radius 3 is 2.07 bits per heavy atom. The molecule has 0 unspecified atom stereocenters. The molecule has 0 spiro atoms. The summed E-state index contributed by atoms with van der Waals surface area (Å²) in [6.07, 6.45) is 1.85. The van der Waals surface area contributed by atoms with Gasteiger partial charge in [-0.2, -0.15) is 0 Å². The average Bonchev–Trinajstić information content (AvgIpc) is 2.78. The number of nitrogens with one attached hydrogen (secondary N) is 1. The first-order chi connectivity index (χ1) is 14.1. The number of carbonyl (C=O) groups excluding carboxylic acids is 1. The van der Waals surface area contributed by atoms with Gasteiger partial charge >= 0.3 is 0 Å². The van der Waals surface area contributed by atoms with Crippen LogP contribution in [-0.4, -0.2) is 27.2 Å². The van der Waals surface area contributed by atoms with Crippen LogP contribution in [-0.2, 0) is 4.79 Å². The molecule has 5 nitrogen and oxygen atoms in total. The van der Waals surface area contributed by atoms with Gasteiger partial charge in [0.2, 0.25) is 0 Å². The Hall–Kier alpha value is -3.73. The van der Waals surface area contributed by atoms with E-state index in [0.29, 0.717) is 22.8 Å². The first-order valence-corrected chi connectivity index (χ1v) is 9.09. The van der Waals surface area contributed by atoms with E-state index in [1.54, 1.807) is 39.5 Å². The second-order valence-corrected chi connectivity index (χ2v) is 6.22. The number of methoxy groups -OCH3 is 3. The van der Waals surface area contributed by atoms with Crippen molar-refractivity contribution in [2.45, 2.75) is 0 Å². The van der Waals surface area contributed by atoms with Crippen molar-refractivity contribution in [3.05, 3.63) is 83.9 Å². The van der Waals surface area contributed by atoms with E-state index in [2.05, 4.69) is 5.32 Å². The lowest BCUT2D eigenvalue weighted by Crippen LogP contribution is -2.14. The Kier molecular flexibility index (Phi) is 6.53. The molecule has 1 N–H and O–H groups in total. The third kappa shape index (κ3) is 4.96. The van der Waals surface area contributed by atoms with E-state index >= 15 is 0 Å². The smallest absolute Gasteiger partial charge is 0.256 e. The average molecular weight is 389 g/mol. The van der Waals surface area contributed by atoms with Crippen LogP contribution in [0.2, 0.25) is 0 Å². The fourth-order valence-corrected chi connectivity index (χ4v) is 2.86. The van der Waals surface area contributed by atoms with Gasteiger partial charge in [-0.15, -0.1) is 0 Å². The number of ether oxygens (including phenoxy) is 3. The molecule has 0 radical (unpaired) electrons. The molecule has 3 rings (SSSR count). The first-order valence-electron chi connectivity index (χ1n) is 9.09. The molecule has 3 aromatic carbocycles. The molecule has 0 aliphatic carbocycles. The van der Waals surface area contributed by atoms with Crippen LogP contribution in [0, 0.1) is 0 Å². The molecule has 148 valence electrons. The summed E-state index contributed by atoms with van der Waals surface area (Å²) < 4.78 is 15.8. The summed E-state index contributed by atoms with van der Waals surface area (Å²) in [4.78, 5) is 13.2. The molecule has 0 bridgehead atoms. The largest absolute Gasteiger partial charge is 0.497 e. The molecule has 0 atom stereocenters. The lowest BCUT2D eigenvalue weighted by Gasteiger charge is -2.14. The van der Waals surface area contributed by atoms with Gasteiger partial charge in [-0.1, -0.05) is 42.5 Å². The van der Waals surface area contributed by atoms with Crippen molar-refractivity contribution < 1.29 is 19.0 Å². The fraction of sp³-hybridized carbons (Fsp3) is 0.125. The van der Waals surface area contributed by atoms with E-state index in [-0.39, 0.29) is 5.91 Å². The standard InChI is InChI=1S/C24H23NO4/c1-27-19-11-9-17(10-12-19)15-21(18-7-5-4-6-8-18)24(26)25-22-14-13-20(28-2)16-23(22)29-3/h4-16H,1-3H3,(H,25,26)/b21-15-. The zero-order valence-corrected chi connectivity index (χ0v) is 16.6. The fourth-order valence-electron chi connectivity index (χ4n) is 2.86. The van der Waals surface area contributed by atoms with Crippen molar-refractivity contribution in [3.8, 4) is 17.2 Å². The van der Waals surface area contributed by atoms with Crippen molar-refractivity contribution in [1.29, 1.82) is 0 Å². The molecule has 29 heavy (non-hydrogen) atoms. The number of rotatable bonds is 7. The number of amides is 1. The summed E-state index contributed by atoms with van der Waals surface area (Å²) in [7, 11) is 4.75. The number of hydrogen-bond donors (Lipinski definition) is 1. The van der Waals surface area contributed by atoms with E-state index in [4.69, 9.17) is 14.2 Å². The van der Waals surface area contributed by atoms with Crippen LogP contribution in [0.3, 0.4) is 0 Å². The molecule has 1 amide bonds. The number of carbonyl (C=O) groups is 1. The molecular weight excluding hydrogens is 366 g/mol. The highest BCUT2D eigenvalue weighted by atomic mass is 16.5. The number of hydrogen-bond acceptors (Lipinski definition) is 4. The SMILES string of the molecule is COc1ccc(/C=C(\C(=O)Nc2ccc(OC)cc2OC)c2ccccc2)cc1. The Labute approximate surface area is 170 Å². The Bertz CT molecular complexity index is 995. The molecule has 0 aromatic heterocycles. The van der Waals surface area contributed by atoms with Crippen LogP contribution in [0.5, 0.6) is 17.2 Å². The van der Waals surface area contributed by atoms with E-state index in [0.717, 1.165) is 16.9 Å². The van der Waals surface area contributed by atoms with Crippen LogP contribution in [0.15, 0.2) is 72.8 Å². The highest BCUT2D eigenvalue weighted by Gasteiger charge is 2.15. The van der Waals surface area contributed by atoms with Crippen molar-refractivity contribution in [1.82, 2.24) is 0 Å². The lowest BCUT2D eigenvalue weighted by atomic mass is 10.0. The van der Waals surface area contributed by atoms with Crippen LogP contribution >= 0.6 is 0 Å². The second kappa shape index (κ2) is 9.46. The summed E-state index contributed by atoms with van der Waals surface area (Å²) in [6, 6.07) is 22.3. The van der Waals surface area contributed by atoms with E-state index in [1.165, 1.54) is 0 Å². The van der Waals surface area contributed by atoms with Crippen molar-refractivity contribution >= 4 is 23.2 Å². The van der Waals surface area contributed by atoms with Gasteiger partial charge in [-0.25, -0.2) is 0 Å². The molecule has 0 aliphatic heterocycles.